The molecule has 1 heterocycles. The van der Waals surface area contributed by atoms with Crippen molar-refractivity contribution < 1.29 is 0 Å². The maximum atomic E-state index is 2.42. The van der Waals surface area contributed by atoms with E-state index < -0.39 is 0 Å². The van der Waals surface area contributed by atoms with Gasteiger partial charge in [0.15, 0.2) is 0 Å². The Labute approximate surface area is 162 Å². The van der Waals surface area contributed by atoms with Crippen molar-refractivity contribution in [3.63, 3.8) is 0 Å². The van der Waals surface area contributed by atoms with Crippen molar-refractivity contribution in [1.82, 2.24) is 8.01 Å². The minimum absolute atomic E-state index is 0.361. The van der Waals surface area contributed by atoms with Crippen molar-refractivity contribution in [1.29, 1.82) is 0 Å². The van der Waals surface area contributed by atoms with Crippen molar-refractivity contribution in [2.45, 2.75) is 5.54 Å². The molecule has 25 heavy (non-hydrogen) atoms. The van der Waals surface area contributed by atoms with Crippen LogP contribution in [0, 0.1) is 0 Å². The van der Waals surface area contributed by atoms with Gasteiger partial charge in [-0.1, -0.05) is 91.0 Å². The molecule has 124 valence electrons. The average molecular weight is 438 g/mol. The Balaban J connectivity index is 2.03. The van der Waals surface area contributed by atoms with Crippen LogP contribution in [-0.4, -0.2) is 14.7 Å². The van der Waals surface area contributed by atoms with Crippen LogP contribution in [0.4, 0.5) is 0 Å². The van der Waals surface area contributed by atoms with E-state index in [-0.39, 0.29) is 5.54 Å². The fraction of sp³-hybridized carbons (Fsp3) is 0.0909. The van der Waals surface area contributed by atoms with Gasteiger partial charge in [0, 0.05) is 12.4 Å². The average Bonchev–Trinajstić information content (AvgIpc) is 3.12. The third-order valence-corrected chi connectivity index (χ3v) is 5.33. The summed E-state index contributed by atoms with van der Waals surface area (Å²) < 4.78 is 2.18. The summed E-state index contributed by atoms with van der Waals surface area (Å²) in [5.41, 5.74) is 3.44. The Morgan fingerprint density at radius 3 is 1.32 bits per heavy atom. The number of halogens is 1. The van der Waals surface area contributed by atoms with E-state index in [0.717, 1.165) is 6.67 Å². The molecule has 0 saturated heterocycles. The molecular formula is C22H19IN2. The molecule has 0 unspecified atom stereocenters. The minimum atomic E-state index is -0.361. The first-order valence-electron chi connectivity index (χ1n) is 8.36. The van der Waals surface area contributed by atoms with Crippen LogP contribution in [-0.2, 0) is 5.54 Å². The summed E-state index contributed by atoms with van der Waals surface area (Å²) in [6.07, 6.45) is 4.32. The summed E-state index contributed by atoms with van der Waals surface area (Å²) in [7, 11) is 0. The SMILES string of the molecule is IN1C=CN(C(c2ccccc2)(c2ccccc2)c2ccccc2)C1. The molecule has 0 amide bonds. The van der Waals surface area contributed by atoms with Gasteiger partial charge in [-0.15, -0.1) is 0 Å². The Bertz CT molecular complexity index is 750. The topological polar surface area (TPSA) is 6.48 Å². The van der Waals surface area contributed by atoms with Gasteiger partial charge in [0.25, 0.3) is 0 Å². The van der Waals surface area contributed by atoms with E-state index in [1.807, 2.05) is 0 Å². The lowest BCUT2D eigenvalue weighted by atomic mass is 9.76. The van der Waals surface area contributed by atoms with Crippen LogP contribution in [0.3, 0.4) is 0 Å². The van der Waals surface area contributed by atoms with E-state index >= 15 is 0 Å². The van der Waals surface area contributed by atoms with E-state index in [1.165, 1.54) is 16.7 Å². The first-order valence-corrected chi connectivity index (χ1v) is 9.32. The van der Waals surface area contributed by atoms with Gasteiger partial charge in [0.1, 0.15) is 12.2 Å². The first kappa shape index (κ1) is 16.2. The Kier molecular flexibility index (Phi) is 4.49. The van der Waals surface area contributed by atoms with Gasteiger partial charge in [0.2, 0.25) is 0 Å². The molecule has 3 heteroatoms. The van der Waals surface area contributed by atoms with Gasteiger partial charge in [-0.2, -0.15) is 0 Å². The summed E-state index contributed by atoms with van der Waals surface area (Å²) in [6, 6.07) is 32.3. The number of rotatable bonds is 4. The fourth-order valence-electron chi connectivity index (χ4n) is 3.65. The molecule has 0 aromatic heterocycles. The quantitative estimate of drug-likeness (QED) is 0.307. The smallest absolute Gasteiger partial charge is 0.117 e. The maximum Gasteiger partial charge on any atom is 0.117 e. The van der Waals surface area contributed by atoms with Gasteiger partial charge < -0.3 is 8.01 Å². The molecule has 3 aromatic rings. The van der Waals surface area contributed by atoms with Crippen LogP contribution >= 0.6 is 22.9 Å². The zero-order valence-corrected chi connectivity index (χ0v) is 16.0. The standard InChI is InChI=1S/C22H19IN2/c23-25-17-16-24(18-25)22(19-10-4-1-5-11-19,20-12-6-2-7-13-20)21-14-8-3-9-15-21/h1-17H,18H2. The van der Waals surface area contributed by atoms with E-state index in [4.69, 9.17) is 0 Å². The molecule has 3 aromatic carbocycles. The predicted molar refractivity (Wildman–Crippen MR) is 111 cm³/mol. The molecule has 0 N–H and O–H groups in total. The second-order valence-corrected chi connectivity index (χ2v) is 7.36. The Morgan fingerprint density at radius 2 is 1.00 bits per heavy atom. The summed E-state index contributed by atoms with van der Waals surface area (Å²) >= 11 is 2.35. The van der Waals surface area contributed by atoms with Crippen molar-refractivity contribution in [2.24, 2.45) is 0 Å². The van der Waals surface area contributed by atoms with Crippen LogP contribution in [0.5, 0.6) is 0 Å². The largest absolute Gasteiger partial charge is 0.340 e. The molecule has 1 aliphatic rings. The highest BCUT2D eigenvalue weighted by Gasteiger charge is 2.42. The highest BCUT2D eigenvalue weighted by molar-refractivity contribution is 14.1. The third kappa shape index (κ3) is 2.82. The predicted octanol–water partition coefficient (Wildman–Crippen LogP) is 5.37. The molecule has 0 radical (unpaired) electrons. The lowest BCUT2D eigenvalue weighted by Crippen LogP contribution is -2.45. The monoisotopic (exact) mass is 438 g/mol. The number of hydrogen-bond donors (Lipinski definition) is 0. The Hall–Kier alpha value is -2.27. The zero-order chi connectivity index (χ0) is 17.1. The molecule has 1 aliphatic heterocycles. The van der Waals surface area contributed by atoms with E-state index in [9.17, 15) is 0 Å². The molecule has 4 rings (SSSR count). The lowest BCUT2D eigenvalue weighted by molar-refractivity contribution is 0.224. The fourth-order valence-corrected chi connectivity index (χ4v) is 4.12. The lowest BCUT2D eigenvalue weighted by Gasteiger charge is -2.43. The molecule has 0 spiro atoms. The normalized spacial score (nSPS) is 14.1. The van der Waals surface area contributed by atoms with Crippen LogP contribution in [0.1, 0.15) is 16.7 Å². The van der Waals surface area contributed by atoms with Crippen molar-refractivity contribution in [3.05, 3.63) is 120 Å². The van der Waals surface area contributed by atoms with Gasteiger partial charge in [0.05, 0.1) is 22.9 Å². The Morgan fingerprint density at radius 1 is 0.600 bits per heavy atom. The van der Waals surface area contributed by atoms with Crippen molar-refractivity contribution in [2.75, 3.05) is 6.67 Å². The first-order chi connectivity index (χ1) is 12.3. The molecule has 0 bridgehead atoms. The second kappa shape index (κ2) is 6.92. The molecule has 0 saturated carbocycles. The maximum absolute atomic E-state index is 2.42. The van der Waals surface area contributed by atoms with Crippen LogP contribution in [0.2, 0.25) is 0 Å². The van der Waals surface area contributed by atoms with Gasteiger partial charge >= 0.3 is 0 Å². The summed E-state index contributed by atoms with van der Waals surface area (Å²) in [6.45, 7) is 0.833. The highest BCUT2D eigenvalue weighted by Crippen LogP contribution is 2.44. The van der Waals surface area contributed by atoms with Gasteiger partial charge in [-0.25, -0.2) is 0 Å². The van der Waals surface area contributed by atoms with Crippen LogP contribution in [0.15, 0.2) is 103 Å². The van der Waals surface area contributed by atoms with Gasteiger partial charge in [-0.3, -0.25) is 0 Å². The summed E-state index contributed by atoms with van der Waals surface area (Å²) in [5, 5.41) is 0. The number of benzene rings is 3. The molecule has 0 aliphatic carbocycles. The van der Waals surface area contributed by atoms with E-state index in [2.05, 4.69) is 134 Å². The van der Waals surface area contributed by atoms with Crippen LogP contribution in [0.25, 0.3) is 0 Å². The minimum Gasteiger partial charge on any atom is -0.340 e. The second-order valence-electron chi connectivity index (χ2n) is 6.12. The van der Waals surface area contributed by atoms with E-state index in [0.29, 0.717) is 0 Å². The summed E-state index contributed by atoms with van der Waals surface area (Å²) in [5.74, 6) is 0. The number of nitrogens with zero attached hydrogens (tertiary/aromatic N) is 2. The third-order valence-electron chi connectivity index (χ3n) is 4.70. The van der Waals surface area contributed by atoms with Crippen molar-refractivity contribution in [3.8, 4) is 0 Å². The highest BCUT2D eigenvalue weighted by atomic mass is 127. The van der Waals surface area contributed by atoms with Crippen LogP contribution < -0.4 is 0 Å². The molecule has 2 nitrogen and oxygen atoms in total. The molecular weight excluding hydrogens is 419 g/mol. The molecule has 0 atom stereocenters. The summed E-state index contributed by atoms with van der Waals surface area (Å²) in [4.78, 5) is 2.42. The molecule has 0 fully saturated rings. The van der Waals surface area contributed by atoms with E-state index in [1.54, 1.807) is 0 Å². The number of hydrogen-bond acceptors (Lipinski definition) is 2. The van der Waals surface area contributed by atoms with Crippen molar-refractivity contribution >= 4 is 22.9 Å². The zero-order valence-electron chi connectivity index (χ0n) is 13.8. The van der Waals surface area contributed by atoms with Gasteiger partial charge in [-0.05, 0) is 16.7 Å².